The molecule has 0 radical (unpaired) electrons. The van der Waals surface area contributed by atoms with Gasteiger partial charge in [-0.05, 0) is 30.5 Å². The maximum atomic E-state index is 12.6. The highest BCUT2D eigenvalue weighted by molar-refractivity contribution is 9.10. The van der Waals surface area contributed by atoms with E-state index in [2.05, 4.69) is 20.9 Å². The quantitative estimate of drug-likeness (QED) is 0.611. The summed E-state index contributed by atoms with van der Waals surface area (Å²) in [6.07, 6.45) is 2.84. The molecule has 0 spiro atoms. The fourth-order valence-corrected chi connectivity index (χ4v) is 3.91. The van der Waals surface area contributed by atoms with Gasteiger partial charge in [0.1, 0.15) is 0 Å². The van der Waals surface area contributed by atoms with Crippen LogP contribution in [0.4, 0.5) is 0 Å². The van der Waals surface area contributed by atoms with E-state index in [1.807, 2.05) is 30.5 Å². The molecule has 2 heterocycles. The third-order valence-corrected chi connectivity index (χ3v) is 5.21. The van der Waals surface area contributed by atoms with Gasteiger partial charge in [-0.15, -0.1) is 11.8 Å². The van der Waals surface area contributed by atoms with Gasteiger partial charge in [0.05, 0.1) is 16.3 Å². The monoisotopic (exact) mass is 354 g/mol. The number of rotatable bonds is 2. The highest BCUT2D eigenvalue weighted by Gasteiger charge is 2.21. The molecular weight excluding hydrogens is 344 g/mol. The lowest BCUT2D eigenvalue weighted by atomic mass is 10.3. The first-order valence-corrected chi connectivity index (χ1v) is 8.79. The lowest BCUT2D eigenvalue weighted by molar-refractivity contribution is 0.740. The smallest absolute Gasteiger partial charge is 0.268 e. The van der Waals surface area contributed by atoms with Crippen LogP contribution in [0.25, 0.3) is 5.69 Å². The van der Waals surface area contributed by atoms with E-state index in [1.165, 1.54) is 11.8 Å². The molecule has 0 unspecified atom stereocenters. The van der Waals surface area contributed by atoms with E-state index in [-0.39, 0.29) is 5.56 Å². The highest BCUT2D eigenvalue weighted by atomic mass is 79.9. The Labute approximate surface area is 128 Å². The fraction of sp³-hybridized carbons (Fsp3) is 0.231. The van der Waals surface area contributed by atoms with E-state index in [9.17, 15) is 4.79 Å². The third-order valence-electron chi connectivity index (χ3n) is 2.93. The van der Waals surface area contributed by atoms with E-state index < -0.39 is 0 Å². The molecule has 0 saturated carbocycles. The molecule has 0 bridgehead atoms. The van der Waals surface area contributed by atoms with Gasteiger partial charge in [0.25, 0.3) is 5.56 Å². The third kappa shape index (κ3) is 2.37. The number of halogens is 1. The van der Waals surface area contributed by atoms with Gasteiger partial charge in [-0.3, -0.25) is 9.36 Å². The SMILES string of the molecule is CSc1nc2c(c(=O)n1-c1ccc(Br)cc1)SCC2. The van der Waals surface area contributed by atoms with Crippen LogP contribution in [0.3, 0.4) is 0 Å². The van der Waals surface area contributed by atoms with Crippen molar-refractivity contribution >= 4 is 39.5 Å². The second-order valence-electron chi connectivity index (χ2n) is 4.09. The van der Waals surface area contributed by atoms with Gasteiger partial charge in [0.15, 0.2) is 5.16 Å². The van der Waals surface area contributed by atoms with Gasteiger partial charge in [0.2, 0.25) is 0 Å². The number of hydrogen-bond acceptors (Lipinski definition) is 4. The van der Waals surface area contributed by atoms with E-state index in [0.29, 0.717) is 0 Å². The van der Waals surface area contributed by atoms with Crippen molar-refractivity contribution in [2.24, 2.45) is 0 Å². The Morgan fingerprint density at radius 3 is 2.79 bits per heavy atom. The summed E-state index contributed by atoms with van der Waals surface area (Å²) in [6.45, 7) is 0. The molecule has 3 nitrogen and oxygen atoms in total. The molecule has 19 heavy (non-hydrogen) atoms. The summed E-state index contributed by atoms with van der Waals surface area (Å²) >= 11 is 6.53. The van der Waals surface area contributed by atoms with Crippen molar-refractivity contribution in [1.29, 1.82) is 0 Å². The van der Waals surface area contributed by atoms with Crippen LogP contribution in [-0.4, -0.2) is 21.6 Å². The summed E-state index contributed by atoms with van der Waals surface area (Å²) in [5.74, 6) is 0.954. The standard InChI is InChI=1S/C13H11BrN2OS2/c1-18-13-15-10-6-7-19-11(10)12(17)16(13)9-4-2-8(14)3-5-9/h2-5H,6-7H2,1H3. The minimum atomic E-state index is 0.0548. The normalized spacial score (nSPS) is 13.6. The number of hydrogen-bond donors (Lipinski definition) is 0. The molecule has 0 saturated heterocycles. The Kier molecular flexibility index (Phi) is 3.73. The van der Waals surface area contributed by atoms with Gasteiger partial charge in [-0.1, -0.05) is 27.7 Å². The van der Waals surface area contributed by atoms with Crippen molar-refractivity contribution in [1.82, 2.24) is 9.55 Å². The maximum Gasteiger partial charge on any atom is 0.272 e. The van der Waals surface area contributed by atoms with E-state index in [0.717, 1.165) is 38.1 Å². The molecule has 1 aliphatic rings. The first kappa shape index (κ1) is 13.3. The fourth-order valence-electron chi connectivity index (χ4n) is 2.05. The number of aromatic nitrogens is 2. The number of thioether (sulfide) groups is 2. The average molecular weight is 355 g/mol. The van der Waals surface area contributed by atoms with E-state index in [1.54, 1.807) is 16.3 Å². The predicted octanol–water partition coefficient (Wildman–Crippen LogP) is 3.37. The molecule has 2 aromatic rings. The first-order chi connectivity index (χ1) is 9.20. The van der Waals surface area contributed by atoms with Crippen molar-refractivity contribution < 1.29 is 0 Å². The lowest BCUT2D eigenvalue weighted by Gasteiger charge is -2.12. The van der Waals surface area contributed by atoms with Crippen molar-refractivity contribution in [2.45, 2.75) is 16.5 Å². The molecule has 0 aliphatic carbocycles. The Bertz CT molecular complexity index is 682. The first-order valence-electron chi connectivity index (χ1n) is 5.79. The van der Waals surface area contributed by atoms with E-state index >= 15 is 0 Å². The molecule has 0 N–H and O–H groups in total. The van der Waals surface area contributed by atoms with Crippen molar-refractivity contribution in [3.05, 3.63) is 44.8 Å². The molecule has 0 atom stereocenters. The van der Waals surface area contributed by atoms with Gasteiger partial charge in [-0.25, -0.2) is 4.98 Å². The van der Waals surface area contributed by atoms with E-state index in [4.69, 9.17) is 0 Å². The highest BCUT2D eigenvalue weighted by Crippen LogP contribution is 2.29. The number of aryl methyl sites for hydroxylation is 1. The maximum absolute atomic E-state index is 12.6. The molecule has 6 heteroatoms. The van der Waals surface area contributed by atoms with Crippen LogP contribution in [0.15, 0.2) is 43.6 Å². The zero-order valence-electron chi connectivity index (χ0n) is 10.2. The zero-order chi connectivity index (χ0) is 13.4. The predicted molar refractivity (Wildman–Crippen MR) is 83.7 cm³/mol. The van der Waals surface area contributed by atoms with Crippen LogP contribution in [-0.2, 0) is 6.42 Å². The Morgan fingerprint density at radius 1 is 1.37 bits per heavy atom. The molecule has 1 aromatic heterocycles. The minimum absolute atomic E-state index is 0.0548. The minimum Gasteiger partial charge on any atom is -0.268 e. The number of benzene rings is 1. The molecular formula is C13H11BrN2OS2. The summed E-state index contributed by atoms with van der Waals surface area (Å²) in [7, 11) is 0. The van der Waals surface area contributed by atoms with Crippen LogP contribution < -0.4 is 5.56 Å². The summed E-state index contributed by atoms with van der Waals surface area (Å²) in [5.41, 5.74) is 1.87. The van der Waals surface area contributed by atoms with Crippen molar-refractivity contribution in [3.63, 3.8) is 0 Å². The number of fused-ring (bicyclic) bond motifs is 1. The second-order valence-corrected chi connectivity index (χ2v) is 6.88. The summed E-state index contributed by atoms with van der Waals surface area (Å²) in [4.78, 5) is 18.0. The van der Waals surface area contributed by atoms with Gasteiger partial charge < -0.3 is 0 Å². The summed E-state index contributed by atoms with van der Waals surface area (Å²) in [5, 5.41) is 0.758. The van der Waals surface area contributed by atoms with Crippen LogP contribution in [0.5, 0.6) is 0 Å². The van der Waals surface area contributed by atoms with Gasteiger partial charge in [-0.2, -0.15) is 0 Å². The molecule has 0 amide bonds. The van der Waals surface area contributed by atoms with Gasteiger partial charge in [0, 0.05) is 16.6 Å². The number of nitrogens with zero attached hydrogens (tertiary/aromatic N) is 2. The Morgan fingerprint density at radius 2 is 2.11 bits per heavy atom. The van der Waals surface area contributed by atoms with Crippen LogP contribution in [0.2, 0.25) is 0 Å². The topological polar surface area (TPSA) is 34.9 Å². The van der Waals surface area contributed by atoms with Gasteiger partial charge >= 0.3 is 0 Å². The van der Waals surface area contributed by atoms with Crippen molar-refractivity contribution in [2.75, 3.05) is 12.0 Å². The Hall–Kier alpha value is -0.720. The second kappa shape index (κ2) is 5.34. The van der Waals surface area contributed by atoms with Crippen LogP contribution in [0.1, 0.15) is 5.69 Å². The molecule has 3 rings (SSSR count). The van der Waals surface area contributed by atoms with Crippen molar-refractivity contribution in [3.8, 4) is 5.69 Å². The summed E-state index contributed by atoms with van der Waals surface area (Å²) in [6, 6.07) is 7.73. The lowest BCUT2D eigenvalue weighted by Crippen LogP contribution is -2.23. The molecule has 0 fully saturated rings. The largest absolute Gasteiger partial charge is 0.272 e. The zero-order valence-corrected chi connectivity index (χ0v) is 13.4. The molecule has 1 aliphatic heterocycles. The average Bonchev–Trinajstić information content (AvgIpc) is 2.88. The Balaban J connectivity index is 2.25. The molecule has 1 aromatic carbocycles. The molecule has 98 valence electrons. The van der Waals surface area contributed by atoms with Crippen LogP contribution in [0, 0.1) is 0 Å². The summed E-state index contributed by atoms with van der Waals surface area (Å²) < 4.78 is 2.70. The van der Waals surface area contributed by atoms with Crippen LogP contribution >= 0.6 is 39.5 Å².